The first-order chi connectivity index (χ1) is 9.79. The standard InChI is InChI=1S/C11H16ClN3O4S2/c1-14-4-2-3-8(7-14)6-13-21(18,19)10-5-9(15(16)17)11(12)20-10/h5,8,13H,2-4,6-7H2,1H3. The van der Waals surface area contributed by atoms with Crippen LogP contribution in [0.25, 0.3) is 0 Å². The van der Waals surface area contributed by atoms with Crippen LogP contribution >= 0.6 is 22.9 Å². The Kier molecular flexibility index (Phi) is 5.20. The van der Waals surface area contributed by atoms with Crippen LogP contribution in [0.4, 0.5) is 5.69 Å². The molecule has 7 nitrogen and oxygen atoms in total. The maximum Gasteiger partial charge on any atom is 0.300 e. The van der Waals surface area contributed by atoms with Gasteiger partial charge < -0.3 is 4.90 Å². The summed E-state index contributed by atoms with van der Waals surface area (Å²) in [5.41, 5.74) is -0.376. The van der Waals surface area contributed by atoms with E-state index in [1.54, 1.807) is 0 Å². The normalized spacial score (nSPS) is 20.6. The van der Waals surface area contributed by atoms with E-state index >= 15 is 0 Å². The Morgan fingerprint density at radius 2 is 2.33 bits per heavy atom. The first-order valence-corrected chi connectivity index (χ1v) is 9.09. The molecule has 2 rings (SSSR count). The highest BCUT2D eigenvalue weighted by Crippen LogP contribution is 2.36. The zero-order valence-electron chi connectivity index (χ0n) is 11.4. The number of nitrogens with one attached hydrogen (secondary N) is 1. The smallest absolute Gasteiger partial charge is 0.300 e. The fraction of sp³-hybridized carbons (Fsp3) is 0.636. The number of hydrogen-bond acceptors (Lipinski definition) is 6. The van der Waals surface area contributed by atoms with Crippen molar-refractivity contribution >= 4 is 38.6 Å². The van der Waals surface area contributed by atoms with Gasteiger partial charge in [0.05, 0.1) is 4.92 Å². The number of likely N-dealkylation sites (tertiary alicyclic amines) is 1. The molecule has 0 radical (unpaired) electrons. The van der Waals surface area contributed by atoms with Crippen LogP contribution in [-0.4, -0.2) is 44.9 Å². The van der Waals surface area contributed by atoms with E-state index in [1.807, 2.05) is 7.05 Å². The van der Waals surface area contributed by atoms with Gasteiger partial charge in [-0.25, -0.2) is 13.1 Å². The van der Waals surface area contributed by atoms with Crippen LogP contribution in [0.3, 0.4) is 0 Å². The van der Waals surface area contributed by atoms with Gasteiger partial charge in [-0.05, 0) is 32.4 Å². The van der Waals surface area contributed by atoms with Gasteiger partial charge in [-0.3, -0.25) is 10.1 Å². The second-order valence-electron chi connectivity index (χ2n) is 5.10. The second-order valence-corrected chi connectivity index (χ2v) is 8.75. The van der Waals surface area contributed by atoms with Crippen molar-refractivity contribution in [1.82, 2.24) is 9.62 Å². The van der Waals surface area contributed by atoms with E-state index in [1.165, 1.54) is 0 Å². The highest BCUT2D eigenvalue weighted by molar-refractivity contribution is 7.91. The Bertz CT molecular complexity index is 631. The predicted molar refractivity (Wildman–Crippen MR) is 81.4 cm³/mol. The van der Waals surface area contributed by atoms with Gasteiger partial charge in [0.1, 0.15) is 4.21 Å². The van der Waals surface area contributed by atoms with E-state index in [9.17, 15) is 18.5 Å². The van der Waals surface area contributed by atoms with E-state index in [2.05, 4.69) is 9.62 Å². The molecular formula is C11H16ClN3O4S2. The van der Waals surface area contributed by atoms with Crippen molar-refractivity contribution in [3.8, 4) is 0 Å². The summed E-state index contributed by atoms with van der Waals surface area (Å²) in [6, 6.07) is 1.00. The lowest BCUT2D eigenvalue weighted by Crippen LogP contribution is -2.38. The summed E-state index contributed by atoms with van der Waals surface area (Å²) < 4.78 is 26.6. The molecule has 1 aliphatic rings. The molecule has 2 heterocycles. The largest absolute Gasteiger partial charge is 0.306 e. The molecule has 1 aromatic heterocycles. The van der Waals surface area contributed by atoms with E-state index in [-0.39, 0.29) is 20.2 Å². The van der Waals surface area contributed by atoms with Crippen LogP contribution in [0, 0.1) is 16.0 Å². The zero-order chi connectivity index (χ0) is 15.6. The Morgan fingerprint density at radius 3 is 2.90 bits per heavy atom. The Labute approximate surface area is 132 Å². The first kappa shape index (κ1) is 16.6. The average Bonchev–Trinajstić information content (AvgIpc) is 2.80. The number of piperidine rings is 1. The third-order valence-electron chi connectivity index (χ3n) is 3.39. The SMILES string of the molecule is CN1CCCC(CNS(=O)(=O)c2cc([N+](=O)[O-])c(Cl)s2)C1. The van der Waals surface area contributed by atoms with Crippen molar-refractivity contribution < 1.29 is 13.3 Å². The second kappa shape index (κ2) is 6.57. The van der Waals surface area contributed by atoms with Gasteiger partial charge in [-0.1, -0.05) is 11.6 Å². The number of hydrogen-bond donors (Lipinski definition) is 1. The summed E-state index contributed by atoms with van der Waals surface area (Å²) in [5, 5.41) is 10.7. The highest BCUT2D eigenvalue weighted by atomic mass is 35.5. The number of nitro groups is 1. The predicted octanol–water partition coefficient (Wildman–Crippen LogP) is 1.93. The molecule has 1 unspecified atom stereocenters. The molecule has 1 aromatic rings. The number of halogens is 1. The fourth-order valence-corrected chi connectivity index (χ4v) is 5.16. The third-order valence-corrected chi connectivity index (χ3v) is 6.63. The molecule has 0 amide bonds. The van der Waals surface area contributed by atoms with E-state index in [0.29, 0.717) is 17.9 Å². The molecule has 1 N–H and O–H groups in total. The molecule has 118 valence electrons. The van der Waals surface area contributed by atoms with Crippen molar-refractivity contribution in [2.24, 2.45) is 5.92 Å². The van der Waals surface area contributed by atoms with Gasteiger partial charge >= 0.3 is 0 Å². The van der Waals surface area contributed by atoms with Crippen molar-refractivity contribution in [2.45, 2.75) is 17.1 Å². The van der Waals surface area contributed by atoms with Gasteiger partial charge in [-0.15, -0.1) is 11.3 Å². The Morgan fingerprint density at radius 1 is 1.62 bits per heavy atom. The topological polar surface area (TPSA) is 92.6 Å². The van der Waals surface area contributed by atoms with Crippen LogP contribution in [0.5, 0.6) is 0 Å². The van der Waals surface area contributed by atoms with Gasteiger partial charge in [0.15, 0.2) is 4.34 Å². The molecule has 0 aromatic carbocycles. The van der Waals surface area contributed by atoms with Crippen LogP contribution in [-0.2, 0) is 10.0 Å². The molecule has 21 heavy (non-hydrogen) atoms. The molecule has 1 saturated heterocycles. The zero-order valence-corrected chi connectivity index (χ0v) is 13.8. The lowest BCUT2D eigenvalue weighted by molar-refractivity contribution is -0.384. The van der Waals surface area contributed by atoms with Crippen molar-refractivity contribution in [3.05, 3.63) is 20.5 Å². The minimum absolute atomic E-state index is 0.122. The quantitative estimate of drug-likeness (QED) is 0.645. The molecular weight excluding hydrogens is 338 g/mol. The monoisotopic (exact) mass is 353 g/mol. The van der Waals surface area contributed by atoms with Gasteiger partial charge in [0.25, 0.3) is 5.69 Å². The lowest BCUT2D eigenvalue weighted by atomic mass is 9.99. The molecule has 10 heteroatoms. The first-order valence-electron chi connectivity index (χ1n) is 6.41. The summed E-state index contributed by atoms with van der Waals surface area (Å²) in [6.07, 6.45) is 2.01. The molecule has 0 bridgehead atoms. The summed E-state index contributed by atoms with van der Waals surface area (Å²) in [4.78, 5) is 12.2. The number of thiophene rings is 1. The van der Waals surface area contributed by atoms with Crippen LogP contribution in [0.1, 0.15) is 12.8 Å². The molecule has 1 aliphatic heterocycles. The molecule has 1 atom stereocenters. The maximum atomic E-state index is 12.1. The van der Waals surface area contributed by atoms with Crippen molar-refractivity contribution in [2.75, 3.05) is 26.7 Å². The minimum Gasteiger partial charge on any atom is -0.306 e. The Balaban J connectivity index is 2.04. The molecule has 0 spiro atoms. The molecule has 1 fully saturated rings. The van der Waals surface area contributed by atoms with Gasteiger partial charge in [0, 0.05) is 19.2 Å². The van der Waals surface area contributed by atoms with E-state index in [4.69, 9.17) is 11.6 Å². The van der Waals surface area contributed by atoms with Crippen molar-refractivity contribution in [3.63, 3.8) is 0 Å². The third kappa shape index (κ3) is 4.13. The van der Waals surface area contributed by atoms with E-state index in [0.717, 1.165) is 32.0 Å². The van der Waals surface area contributed by atoms with Crippen LogP contribution in [0.15, 0.2) is 10.3 Å². The van der Waals surface area contributed by atoms with Crippen LogP contribution < -0.4 is 4.72 Å². The van der Waals surface area contributed by atoms with Gasteiger partial charge in [0.2, 0.25) is 10.0 Å². The van der Waals surface area contributed by atoms with Gasteiger partial charge in [-0.2, -0.15) is 0 Å². The fourth-order valence-electron chi connectivity index (χ4n) is 2.33. The summed E-state index contributed by atoms with van der Waals surface area (Å²) >= 11 is 6.39. The van der Waals surface area contributed by atoms with E-state index < -0.39 is 14.9 Å². The van der Waals surface area contributed by atoms with Crippen LogP contribution in [0.2, 0.25) is 4.34 Å². The summed E-state index contributed by atoms with van der Waals surface area (Å²) in [5.74, 6) is 0.254. The highest BCUT2D eigenvalue weighted by Gasteiger charge is 2.26. The number of nitrogens with zero attached hydrogens (tertiary/aromatic N) is 2. The van der Waals surface area contributed by atoms with Crippen molar-refractivity contribution in [1.29, 1.82) is 0 Å². The minimum atomic E-state index is -3.75. The molecule has 0 saturated carbocycles. The molecule has 0 aliphatic carbocycles. The lowest BCUT2D eigenvalue weighted by Gasteiger charge is -2.29. The average molecular weight is 354 g/mol. The summed E-state index contributed by atoms with van der Waals surface area (Å²) in [6.45, 7) is 2.19. The summed E-state index contributed by atoms with van der Waals surface area (Å²) in [7, 11) is -1.75. The number of rotatable bonds is 5. The number of sulfonamides is 1. The Hall–Kier alpha value is -0.740. The maximum absolute atomic E-state index is 12.1.